The Kier molecular flexibility index (Phi) is 3.98. The van der Waals surface area contributed by atoms with E-state index in [2.05, 4.69) is 10.4 Å². The van der Waals surface area contributed by atoms with Gasteiger partial charge in [-0.3, -0.25) is 24.8 Å². The summed E-state index contributed by atoms with van der Waals surface area (Å²) >= 11 is 0. The van der Waals surface area contributed by atoms with Crippen LogP contribution in [-0.2, 0) is 4.74 Å². The Bertz CT molecular complexity index is 741. The van der Waals surface area contributed by atoms with Crippen molar-refractivity contribution in [3.05, 3.63) is 38.8 Å². The first-order valence-corrected chi connectivity index (χ1v) is 7.16. The number of hydrazine groups is 2. The molecule has 10 heteroatoms. The number of nitrogens with one attached hydrogen (secondary N) is 2. The molecule has 10 nitrogen and oxygen atoms in total. The number of rotatable bonds is 3. The molecule has 3 heterocycles. The fraction of sp³-hybridized carbons (Fsp3) is 0.538. The lowest BCUT2D eigenvalue weighted by atomic mass is 10.2. The molecule has 0 aromatic carbocycles. The summed E-state index contributed by atoms with van der Waals surface area (Å²) in [5.74, 6) is 0. The number of aromatic amines is 1. The zero-order valence-electron chi connectivity index (χ0n) is 12.8. The fourth-order valence-corrected chi connectivity index (χ4v) is 2.63. The van der Waals surface area contributed by atoms with E-state index < -0.39 is 29.7 Å². The molecule has 1 unspecified atom stereocenters. The molecular formula is C13H19N5O5. The van der Waals surface area contributed by atoms with Crippen molar-refractivity contribution in [3.63, 3.8) is 0 Å². The van der Waals surface area contributed by atoms with Gasteiger partial charge in [0.05, 0.1) is 24.0 Å². The maximum atomic E-state index is 12.1. The lowest BCUT2D eigenvalue weighted by molar-refractivity contribution is -0.0459. The zero-order chi connectivity index (χ0) is 16.7. The van der Waals surface area contributed by atoms with E-state index in [1.807, 2.05) is 0 Å². The summed E-state index contributed by atoms with van der Waals surface area (Å²) in [6.07, 6.45) is 0.896. The molecule has 0 bridgehead atoms. The first-order chi connectivity index (χ1) is 10.9. The van der Waals surface area contributed by atoms with Crippen LogP contribution in [0.3, 0.4) is 0 Å². The Labute approximate surface area is 131 Å². The lowest BCUT2D eigenvalue weighted by Crippen LogP contribution is -2.38. The topological polar surface area (TPSA) is 123 Å². The van der Waals surface area contributed by atoms with Crippen LogP contribution in [-0.4, -0.2) is 62.8 Å². The average Bonchev–Trinajstić information content (AvgIpc) is 3.02. The van der Waals surface area contributed by atoms with Crippen LogP contribution in [0, 0.1) is 0 Å². The number of hydrogen-bond donors (Lipinski definition) is 4. The van der Waals surface area contributed by atoms with Crippen LogP contribution in [0.15, 0.2) is 22.0 Å². The summed E-state index contributed by atoms with van der Waals surface area (Å²) in [6.45, 7) is -0.342. The summed E-state index contributed by atoms with van der Waals surface area (Å²) < 4.78 is 6.69. The van der Waals surface area contributed by atoms with Crippen LogP contribution < -0.4 is 16.7 Å². The van der Waals surface area contributed by atoms with E-state index in [4.69, 9.17) is 9.84 Å². The SMILES string of the molecule is CN1C=C(c2cn([C@H]3CC(O)[C@@H](CO)O3)c(=O)[nH]c2=O)NN1C. The summed E-state index contributed by atoms with van der Waals surface area (Å²) in [5, 5.41) is 22.4. The zero-order valence-corrected chi connectivity index (χ0v) is 12.8. The Morgan fingerprint density at radius 1 is 1.39 bits per heavy atom. The van der Waals surface area contributed by atoms with Crippen molar-refractivity contribution in [1.29, 1.82) is 0 Å². The number of aromatic nitrogens is 2. The fourth-order valence-electron chi connectivity index (χ4n) is 2.63. The molecule has 1 aromatic rings. The first kappa shape index (κ1) is 15.7. The average molecular weight is 325 g/mol. The van der Waals surface area contributed by atoms with E-state index in [0.717, 1.165) is 0 Å². The number of ether oxygens (including phenoxy) is 1. The second-order valence-electron chi connectivity index (χ2n) is 5.58. The Balaban J connectivity index is 1.97. The summed E-state index contributed by atoms with van der Waals surface area (Å²) in [6, 6.07) is 0. The molecule has 1 aromatic heterocycles. The normalized spacial score (nSPS) is 28.1. The quantitative estimate of drug-likeness (QED) is 0.492. The van der Waals surface area contributed by atoms with Gasteiger partial charge < -0.3 is 14.9 Å². The lowest BCUT2D eigenvalue weighted by Gasteiger charge is -2.19. The van der Waals surface area contributed by atoms with Gasteiger partial charge in [-0.15, -0.1) is 5.12 Å². The number of H-pyrrole nitrogens is 1. The Morgan fingerprint density at radius 3 is 2.70 bits per heavy atom. The molecule has 3 atom stereocenters. The van der Waals surface area contributed by atoms with E-state index in [-0.39, 0.29) is 18.6 Å². The highest BCUT2D eigenvalue weighted by Gasteiger charge is 2.35. The predicted molar refractivity (Wildman–Crippen MR) is 79.6 cm³/mol. The monoisotopic (exact) mass is 325 g/mol. The van der Waals surface area contributed by atoms with Crippen molar-refractivity contribution in [2.75, 3.05) is 20.7 Å². The molecule has 23 heavy (non-hydrogen) atoms. The van der Waals surface area contributed by atoms with Gasteiger partial charge in [-0.25, -0.2) is 4.79 Å². The smallest absolute Gasteiger partial charge is 0.330 e. The van der Waals surface area contributed by atoms with E-state index >= 15 is 0 Å². The van der Waals surface area contributed by atoms with E-state index in [0.29, 0.717) is 5.70 Å². The minimum atomic E-state index is -0.867. The standard InChI is InChI=1S/C13H19N5O5/c1-16-5-8(15-17(16)2)7-4-18(13(22)14-12(7)21)11-3-9(20)10(6-19)23-11/h4-5,9-11,15,19-20H,3,6H2,1-2H3,(H,14,21,22)/t9?,10-,11-/m1/s1. The number of aliphatic hydroxyl groups excluding tert-OH is 2. The molecule has 1 fully saturated rings. The highest BCUT2D eigenvalue weighted by atomic mass is 16.5. The van der Waals surface area contributed by atoms with Gasteiger partial charge in [0.2, 0.25) is 0 Å². The minimum absolute atomic E-state index is 0.156. The van der Waals surface area contributed by atoms with Crippen LogP contribution in [0.5, 0.6) is 0 Å². The van der Waals surface area contributed by atoms with Crippen LogP contribution in [0.25, 0.3) is 5.70 Å². The van der Waals surface area contributed by atoms with Gasteiger partial charge in [0, 0.05) is 32.9 Å². The first-order valence-electron chi connectivity index (χ1n) is 7.16. The largest absolute Gasteiger partial charge is 0.394 e. The molecule has 0 radical (unpaired) electrons. The second kappa shape index (κ2) is 5.81. The van der Waals surface area contributed by atoms with Crippen LogP contribution in [0.2, 0.25) is 0 Å². The summed E-state index contributed by atoms with van der Waals surface area (Å²) in [4.78, 5) is 26.4. The van der Waals surface area contributed by atoms with E-state index in [1.165, 1.54) is 10.8 Å². The van der Waals surface area contributed by atoms with Crippen molar-refractivity contribution < 1.29 is 14.9 Å². The molecule has 2 aliphatic heterocycles. The second-order valence-corrected chi connectivity index (χ2v) is 5.58. The van der Waals surface area contributed by atoms with Gasteiger partial charge in [-0.2, -0.15) is 0 Å². The highest BCUT2D eigenvalue weighted by Crippen LogP contribution is 2.27. The van der Waals surface area contributed by atoms with Gasteiger partial charge in [0.15, 0.2) is 0 Å². The van der Waals surface area contributed by atoms with Crippen molar-refractivity contribution in [2.24, 2.45) is 0 Å². The molecule has 0 saturated carbocycles. The Morgan fingerprint density at radius 2 is 2.13 bits per heavy atom. The summed E-state index contributed by atoms with van der Waals surface area (Å²) in [7, 11) is 3.57. The number of aliphatic hydroxyl groups is 2. The number of hydrogen-bond acceptors (Lipinski definition) is 8. The van der Waals surface area contributed by atoms with Crippen molar-refractivity contribution in [2.45, 2.75) is 24.9 Å². The predicted octanol–water partition coefficient (Wildman–Crippen LogP) is -2.23. The van der Waals surface area contributed by atoms with E-state index in [9.17, 15) is 14.7 Å². The maximum absolute atomic E-state index is 12.1. The molecular weight excluding hydrogens is 306 g/mol. The van der Waals surface area contributed by atoms with Gasteiger partial charge >= 0.3 is 5.69 Å². The number of nitrogens with zero attached hydrogens (tertiary/aromatic N) is 3. The molecule has 1 saturated heterocycles. The molecule has 2 aliphatic rings. The molecule has 0 spiro atoms. The van der Waals surface area contributed by atoms with Crippen LogP contribution in [0.4, 0.5) is 0 Å². The van der Waals surface area contributed by atoms with Gasteiger partial charge in [-0.1, -0.05) is 0 Å². The third-order valence-electron chi connectivity index (χ3n) is 4.02. The van der Waals surface area contributed by atoms with Crippen LogP contribution >= 0.6 is 0 Å². The molecule has 126 valence electrons. The molecule has 0 amide bonds. The van der Waals surface area contributed by atoms with Crippen molar-refractivity contribution in [1.82, 2.24) is 25.1 Å². The third-order valence-corrected chi connectivity index (χ3v) is 4.02. The van der Waals surface area contributed by atoms with Gasteiger partial charge in [0.1, 0.15) is 12.3 Å². The molecule has 0 aliphatic carbocycles. The summed E-state index contributed by atoms with van der Waals surface area (Å²) in [5.41, 5.74) is 2.63. The molecule has 4 N–H and O–H groups in total. The van der Waals surface area contributed by atoms with Gasteiger partial charge in [-0.05, 0) is 0 Å². The minimum Gasteiger partial charge on any atom is -0.394 e. The molecule has 3 rings (SSSR count). The van der Waals surface area contributed by atoms with Crippen molar-refractivity contribution >= 4 is 5.70 Å². The highest BCUT2D eigenvalue weighted by molar-refractivity contribution is 5.62. The van der Waals surface area contributed by atoms with Crippen molar-refractivity contribution in [3.8, 4) is 0 Å². The van der Waals surface area contributed by atoms with E-state index in [1.54, 1.807) is 30.4 Å². The van der Waals surface area contributed by atoms with Crippen LogP contribution in [0.1, 0.15) is 18.2 Å². The van der Waals surface area contributed by atoms with Gasteiger partial charge in [0.25, 0.3) is 5.56 Å². The maximum Gasteiger partial charge on any atom is 0.330 e. The third kappa shape index (κ3) is 2.77. The Hall–Kier alpha value is -2.14.